The van der Waals surface area contributed by atoms with E-state index in [4.69, 9.17) is 21.1 Å². The van der Waals surface area contributed by atoms with Crippen molar-refractivity contribution in [2.75, 3.05) is 44.4 Å². The summed E-state index contributed by atoms with van der Waals surface area (Å²) >= 11 is 5.99. The van der Waals surface area contributed by atoms with Crippen LogP contribution in [0.3, 0.4) is 0 Å². The number of rotatable bonds is 8. The number of nitrogens with zero attached hydrogens (tertiary/aromatic N) is 1. The number of ether oxygens (including phenoxy) is 2. The van der Waals surface area contributed by atoms with Gasteiger partial charge in [-0.3, -0.25) is 0 Å². The Labute approximate surface area is 233 Å². The molecular weight excluding hydrogens is 572 g/mol. The van der Waals surface area contributed by atoms with E-state index < -0.39 is 53.8 Å². The number of fused-ring (bicyclic) bond motifs is 3. The largest absolute Gasteiger partial charge is 0.490 e. The summed E-state index contributed by atoms with van der Waals surface area (Å²) in [5, 5.41) is 0.325. The van der Waals surface area contributed by atoms with Gasteiger partial charge in [0.15, 0.2) is 31.2 Å². The summed E-state index contributed by atoms with van der Waals surface area (Å²) in [5.74, 6) is -2.85. The van der Waals surface area contributed by atoms with Crippen LogP contribution in [-0.2, 0) is 29.2 Å². The number of hydrogen-bond acceptors (Lipinski definition) is 7. The minimum atomic E-state index is -4.35. The van der Waals surface area contributed by atoms with Crippen molar-refractivity contribution in [3.05, 3.63) is 58.6 Å². The molecule has 3 aliphatic rings. The highest BCUT2D eigenvalue weighted by atomic mass is 35.5. The molecule has 12 heteroatoms. The van der Waals surface area contributed by atoms with Crippen molar-refractivity contribution in [2.45, 2.75) is 41.9 Å². The zero-order valence-electron chi connectivity index (χ0n) is 21.6. The molecule has 0 bridgehead atoms. The fourth-order valence-corrected chi connectivity index (χ4v) is 10.0. The summed E-state index contributed by atoms with van der Waals surface area (Å²) in [6.07, 6.45) is 0.0471. The third-order valence-corrected chi connectivity index (χ3v) is 12.8. The first-order valence-corrected chi connectivity index (χ1v) is 16.8. The summed E-state index contributed by atoms with van der Waals surface area (Å²) in [4.78, 5) is 2.04. The van der Waals surface area contributed by atoms with Gasteiger partial charge in [0.25, 0.3) is 0 Å². The standard InChI is InChI=1S/C27H32ClF2NO6S2/c1-18-8-11-31(16-18)12-15-38(32,33)14-9-24-21-17-37-26-23(30)7-6-22(29)25(26)27(21,10-13-36-24)39(34,35)20-4-2-19(28)3-5-20/h2-7,18,21,24H,8-17H2,1H3/t18-,21+,24+,27+/m1/s1. The van der Waals surface area contributed by atoms with Crippen LogP contribution in [0.1, 0.15) is 31.7 Å². The SMILES string of the molecule is C[C@@H]1CCN(CCS(=O)(=O)CC[C@@H]2OCC[C@@]3(S(=O)(=O)c4ccc(Cl)cc4)c4c(F)ccc(F)c4OC[C@@H]23)C1. The minimum absolute atomic E-state index is 0.00943. The highest BCUT2D eigenvalue weighted by Gasteiger charge is 2.61. The van der Waals surface area contributed by atoms with E-state index >= 15 is 4.39 Å². The van der Waals surface area contributed by atoms with Crippen molar-refractivity contribution in [2.24, 2.45) is 11.8 Å². The van der Waals surface area contributed by atoms with Crippen LogP contribution >= 0.6 is 11.6 Å². The lowest BCUT2D eigenvalue weighted by atomic mass is 9.75. The molecule has 2 fully saturated rings. The fraction of sp³-hybridized carbons (Fsp3) is 0.556. The van der Waals surface area contributed by atoms with E-state index in [-0.39, 0.29) is 48.0 Å². The molecule has 2 saturated heterocycles. The van der Waals surface area contributed by atoms with Crippen molar-refractivity contribution in [1.29, 1.82) is 0 Å². The Morgan fingerprint density at radius 1 is 1.05 bits per heavy atom. The smallest absolute Gasteiger partial charge is 0.189 e. The topological polar surface area (TPSA) is 90.0 Å². The van der Waals surface area contributed by atoms with Crippen LogP contribution in [-0.4, -0.2) is 72.2 Å². The van der Waals surface area contributed by atoms with E-state index in [0.717, 1.165) is 31.6 Å². The van der Waals surface area contributed by atoms with Crippen molar-refractivity contribution in [1.82, 2.24) is 4.90 Å². The lowest BCUT2D eigenvalue weighted by Crippen LogP contribution is -2.57. The first-order chi connectivity index (χ1) is 18.4. The molecule has 0 aromatic heterocycles. The Kier molecular flexibility index (Phi) is 8.02. The minimum Gasteiger partial charge on any atom is -0.490 e. The fourth-order valence-electron chi connectivity index (χ4n) is 6.23. The molecule has 4 atom stereocenters. The Bertz CT molecular complexity index is 1440. The van der Waals surface area contributed by atoms with Gasteiger partial charge in [0.1, 0.15) is 10.6 Å². The van der Waals surface area contributed by atoms with E-state index in [1.807, 2.05) is 0 Å². The molecule has 5 rings (SSSR count). The van der Waals surface area contributed by atoms with Crippen molar-refractivity contribution in [3.8, 4) is 5.75 Å². The molecule has 0 unspecified atom stereocenters. The maximum atomic E-state index is 15.5. The molecule has 39 heavy (non-hydrogen) atoms. The Hall–Kier alpha value is -1.79. The molecule has 0 radical (unpaired) electrons. The van der Waals surface area contributed by atoms with Crippen LogP contribution in [0.25, 0.3) is 0 Å². The van der Waals surface area contributed by atoms with Crippen LogP contribution in [0.5, 0.6) is 5.75 Å². The predicted octanol–water partition coefficient (Wildman–Crippen LogP) is 4.23. The van der Waals surface area contributed by atoms with Crippen LogP contribution in [0.15, 0.2) is 41.3 Å². The predicted molar refractivity (Wildman–Crippen MR) is 144 cm³/mol. The second-order valence-corrected chi connectivity index (χ2v) is 15.7. The molecule has 0 saturated carbocycles. The maximum absolute atomic E-state index is 15.5. The third-order valence-electron chi connectivity index (χ3n) is 8.29. The summed E-state index contributed by atoms with van der Waals surface area (Å²) in [6, 6.07) is 7.32. The van der Waals surface area contributed by atoms with E-state index in [1.165, 1.54) is 24.3 Å². The third kappa shape index (κ3) is 5.32. The molecular formula is C27H32ClF2NO6S2. The van der Waals surface area contributed by atoms with Gasteiger partial charge >= 0.3 is 0 Å². The maximum Gasteiger partial charge on any atom is 0.189 e. The van der Waals surface area contributed by atoms with E-state index in [2.05, 4.69) is 11.8 Å². The normalized spacial score (nSPS) is 27.5. The highest BCUT2D eigenvalue weighted by molar-refractivity contribution is 7.92. The number of likely N-dealkylation sites (tertiary alicyclic amines) is 1. The number of halogens is 3. The van der Waals surface area contributed by atoms with Gasteiger partial charge in [-0.2, -0.15) is 0 Å². The Balaban J connectivity index is 1.48. The summed E-state index contributed by atoms with van der Waals surface area (Å²) < 4.78 is 94.5. The van der Waals surface area contributed by atoms with Gasteiger partial charge in [-0.1, -0.05) is 18.5 Å². The molecule has 0 spiro atoms. The van der Waals surface area contributed by atoms with Gasteiger partial charge in [0, 0.05) is 30.6 Å². The molecule has 214 valence electrons. The monoisotopic (exact) mass is 603 g/mol. The lowest BCUT2D eigenvalue weighted by molar-refractivity contribution is -0.0732. The van der Waals surface area contributed by atoms with Gasteiger partial charge < -0.3 is 14.4 Å². The van der Waals surface area contributed by atoms with Crippen LogP contribution in [0.2, 0.25) is 5.02 Å². The lowest BCUT2D eigenvalue weighted by Gasteiger charge is -2.50. The van der Waals surface area contributed by atoms with Gasteiger partial charge in [0.2, 0.25) is 0 Å². The molecule has 2 aromatic rings. The Morgan fingerprint density at radius 3 is 2.46 bits per heavy atom. The average Bonchev–Trinajstić information content (AvgIpc) is 3.33. The Morgan fingerprint density at radius 2 is 1.77 bits per heavy atom. The van der Waals surface area contributed by atoms with Crippen molar-refractivity contribution < 1.29 is 35.1 Å². The van der Waals surface area contributed by atoms with Gasteiger partial charge in [0.05, 0.1) is 34.7 Å². The molecule has 2 aromatic carbocycles. The van der Waals surface area contributed by atoms with E-state index in [1.54, 1.807) is 0 Å². The van der Waals surface area contributed by atoms with Gasteiger partial charge in [-0.25, -0.2) is 25.6 Å². The summed E-state index contributed by atoms with van der Waals surface area (Å²) in [7, 11) is -7.82. The molecule has 3 aliphatic heterocycles. The van der Waals surface area contributed by atoms with Crippen LogP contribution in [0.4, 0.5) is 8.78 Å². The van der Waals surface area contributed by atoms with Crippen LogP contribution < -0.4 is 4.74 Å². The first-order valence-electron chi connectivity index (χ1n) is 13.1. The molecule has 0 aliphatic carbocycles. The molecule has 0 amide bonds. The number of hydrogen-bond donors (Lipinski definition) is 0. The quantitative estimate of drug-likeness (QED) is 0.446. The van der Waals surface area contributed by atoms with Gasteiger partial charge in [-0.15, -0.1) is 0 Å². The average molecular weight is 604 g/mol. The van der Waals surface area contributed by atoms with Crippen LogP contribution in [0, 0.1) is 23.5 Å². The van der Waals surface area contributed by atoms with Crippen molar-refractivity contribution in [3.63, 3.8) is 0 Å². The summed E-state index contributed by atoms with van der Waals surface area (Å²) in [6.45, 7) is 3.98. The van der Waals surface area contributed by atoms with Crippen molar-refractivity contribution >= 4 is 31.3 Å². The second kappa shape index (κ2) is 10.9. The number of sulfone groups is 2. The zero-order valence-corrected chi connectivity index (χ0v) is 24.0. The molecule has 3 heterocycles. The first kappa shape index (κ1) is 28.7. The molecule has 7 nitrogen and oxygen atoms in total. The van der Waals surface area contributed by atoms with E-state index in [0.29, 0.717) is 17.5 Å². The number of benzene rings is 2. The summed E-state index contributed by atoms with van der Waals surface area (Å²) in [5.41, 5.74) is -0.368. The zero-order chi connectivity index (χ0) is 28.0. The van der Waals surface area contributed by atoms with E-state index in [9.17, 15) is 21.2 Å². The second-order valence-electron chi connectivity index (χ2n) is 10.8. The highest BCUT2D eigenvalue weighted by Crippen LogP contribution is 2.56. The molecule has 0 N–H and O–H groups in total. The van der Waals surface area contributed by atoms with Gasteiger partial charge in [-0.05, 0) is 68.1 Å².